The fraction of sp³-hybridized carbons (Fsp3) is 0.881. The highest BCUT2D eigenvalue weighted by atomic mass is 16.5. The lowest BCUT2D eigenvalue weighted by Gasteiger charge is -2.20. The van der Waals surface area contributed by atoms with Gasteiger partial charge in [-0.1, -0.05) is 294 Å². The SMILES string of the molecule is CCCCC/C=C\CCCCCCCC(=O)OCCCCCCCCCCCCCC/C=C\CCCCCCCCCCCCCCCC(=O)NC(CO)C(O)/C=C/CCCCCCCCCCCCCCC. The number of rotatable bonds is 61. The van der Waals surface area contributed by atoms with E-state index in [4.69, 9.17) is 4.74 Å². The van der Waals surface area contributed by atoms with E-state index in [1.165, 1.54) is 283 Å². The third-order valence-corrected chi connectivity index (χ3v) is 15.1. The highest BCUT2D eigenvalue weighted by Crippen LogP contribution is 2.17. The summed E-state index contributed by atoms with van der Waals surface area (Å²) in [6.45, 7) is 4.90. The molecule has 0 saturated heterocycles. The summed E-state index contributed by atoms with van der Waals surface area (Å²) in [5.41, 5.74) is 0. The van der Waals surface area contributed by atoms with Crippen molar-refractivity contribution < 1.29 is 24.5 Å². The topological polar surface area (TPSA) is 95.9 Å². The van der Waals surface area contributed by atoms with Crippen LogP contribution < -0.4 is 5.32 Å². The lowest BCUT2D eigenvalue weighted by molar-refractivity contribution is -0.143. The molecule has 0 aromatic rings. The van der Waals surface area contributed by atoms with Gasteiger partial charge in [0.15, 0.2) is 0 Å². The van der Waals surface area contributed by atoms with Crippen LogP contribution in [0.4, 0.5) is 0 Å². The van der Waals surface area contributed by atoms with E-state index in [2.05, 4.69) is 43.5 Å². The molecule has 0 aliphatic heterocycles. The molecule has 0 radical (unpaired) electrons. The van der Waals surface area contributed by atoms with Crippen LogP contribution in [-0.2, 0) is 14.3 Å². The molecule has 0 fully saturated rings. The Kier molecular flexibility index (Phi) is 61.0. The molecule has 73 heavy (non-hydrogen) atoms. The molecule has 0 aliphatic rings. The van der Waals surface area contributed by atoms with Gasteiger partial charge in [-0.3, -0.25) is 9.59 Å². The second kappa shape index (κ2) is 62.6. The maximum Gasteiger partial charge on any atom is 0.305 e. The third-order valence-electron chi connectivity index (χ3n) is 15.1. The van der Waals surface area contributed by atoms with Gasteiger partial charge in [-0.2, -0.15) is 0 Å². The Hall–Kier alpha value is -1.92. The molecule has 0 saturated carbocycles. The largest absolute Gasteiger partial charge is 0.466 e. The van der Waals surface area contributed by atoms with Gasteiger partial charge in [0.1, 0.15) is 0 Å². The number of esters is 1. The first kappa shape index (κ1) is 71.1. The van der Waals surface area contributed by atoms with Crippen molar-refractivity contribution in [3.8, 4) is 0 Å². The number of unbranched alkanes of at least 4 members (excludes halogenated alkanes) is 46. The second-order valence-corrected chi connectivity index (χ2v) is 22.4. The molecule has 0 heterocycles. The van der Waals surface area contributed by atoms with E-state index in [-0.39, 0.29) is 18.5 Å². The van der Waals surface area contributed by atoms with Crippen LogP contribution in [0, 0.1) is 0 Å². The van der Waals surface area contributed by atoms with Gasteiger partial charge in [-0.15, -0.1) is 0 Å². The summed E-state index contributed by atoms with van der Waals surface area (Å²) in [5, 5.41) is 23.1. The van der Waals surface area contributed by atoms with Crippen molar-refractivity contribution in [2.45, 2.75) is 366 Å². The number of carbonyl (C=O) groups is 2. The number of amides is 1. The maximum absolute atomic E-state index is 12.5. The molecule has 0 aromatic heterocycles. The van der Waals surface area contributed by atoms with Gasteiger partial charge in [-0.05, 0) is 83.5 Å². The lowest BCUT2D eigenvalue weighted by Crippen LogP contribution is -2.45. The van der Waals surface area contributed by atoms with Crippen LogP contribution in [0.1, 0.15) is 354 Å². The van der Waals surface area contributed by atoms with Gasteiger partial charge in [-0.25, -0.2) is 0 Å². The van der Waals surface area contributed by atoms with Crippen LogP contribution in [-0.4, -0.2) is 47.4 Å². The van der Waals surface area contributed by atoms with E-state index < -0.39 is 12.1 Å². The monoisotopic (exact) mass is 1030 g/mol. The fourth-order valence-electron chi connectivity index (χ4n) is 10.1. The molecule has 3 N–H and O–H groups in total. The number of hydrogen-bond donors (Lipinski definition) is 3. The molecule has 0 aliphatic carbocycles. The van der Waals surface area contributed by atoms with Crippen LogP contribution in [0.15, 0.2) is 36.5 Å². The predicted octanol–water partition coefficient (Wildman–Crippen LogP) is 20.8. The van der Waals surface area contributed by atoms with Crippen LogP contribution >= 0.6 is 0 Å². The van der Waals surface area contributed by atoms with E-state index >= 15 is 0 Å². The Morgan fingerprint density at radius 2 is 0.644 bits per heavy atom. The Bertz CT molecular complexity index is 1180. The van der Waals surface area contributed by atoms with E-state index in [9.17, 15) is 19.8 Å². The zero-order valence-electron chi connectivity index (χ0n) is 49.1. The summed E-state index contributed by atoms with van der Waals surface area (Å²) in [4.78, 5) is 24.5. The zero-order chi connectivity index (χ0) is 52.9. The number of nitrogens with one attached hydrogen (secondary N) is 1. The predicted molar refractivity (Wildman–Crippen MR) is 319 cm³/mol. The summed E-state index contributed by atoms with van der Waals surface area (Å²) < 4.78 is 5.47. The summed E-state index contributed by atoms with van der Waals surface area (Å²) in [6, 6.07) is -0.627. The Morgan fingerprint density at radius 1 is 0.370 bits per heavy atom. The fourth-order valence-corrected chi connectivity index (χ4v) is 10.1. The Labute approximate surface area is 455 Å². The standard InChI is InChI=1S/C67H127NO5/c1-3-5-7-9-11-13-15-17-33-36-39-43-47-51-55-59-65(70)64(63-69)68-66(71)60-56-52-48-44-40-37-34-31-29-27-25-23-21-19-18-20-22-24-26-28-30-32-35-38-42-46-50-54-58-62-73-67(72)61-57-53-49-45-41-16-14-12-10-8-6-4-2/h12,14,18,20,55,59,64-65,69-70H,3-11,13,15-17,19,21-54,56-58,60-63H2,1-2H3,(H,68,71)/b14-12-,20-18-,59-55+. The molecule has 1 amide bonds. The second-order valence-electron chi connectivity index (χ2n) is 22.4. The average Bonchev–Trinajstić information content (AvgIpc) is 3.39. The summed E-state index contributed by atoms with van der Waals surface area (Å²) in [5.74, 6) is -0.0595. The number of aliphatic hydroxyl groups is 2. The summed E-state index contributed by atoms with van der Waals surface area (Å²) in [6.07, 6.45) is 79.2. The van der Waals surface area contributed by atoms with Crippen molar-refractivity contribution in [3.63, 3.8) is 0 Å². The zero-order valence-corrected chi connectivity index (χ0v) is 49.1. The smallest absolute Gasteiger partial charge is 0.305 e. The Morgan fingerprint density at radius 3 is 1.00 bits per heavy atom. The van der Waals surface area contributed by atoms with E-state index in [0.717, 1.165) is 44.9 Å². The highest BCUT2D eigenvalue weighted by Gasteiger charge is 2.18. The molecule has 0 spiro atoms. The molecule has 6 nitrogen and oxygen atoms in total. The molecule has 2 unspecified atom stereocenters. The summed E-state index contributed by atoms with van der Waals surface area (Å²) in [7, 11) is 0. The first-order chi connectivity index (χ1) is 36.0. The Balaban J connectivity index is 3.39. The highest BCUT2D eigenvalue weighted by molar-refractivity contribution is 5.76. The molecule has 2 atom stereocenters. The van der Waals surface area contributed by atoms with Crippen molar-refractivity contribution in [3.05, 3.63) is 36.5 Å². The lowest BCUT2D eigenvalue weighted by atomic mass is 10.0. The third kappa shape index (κ3) is 59.2. The van der Waals surface area contributed by atoms with Gasteiger partial charge in [0.25, 0.3) is 0 Å². The number of ether oxygens (including phenoxy) is 1. The van der Waals surface area contributed by atoms with Crippen molar-refractivity contribution in [2.75, 3.05) is 13.2 Å². The van der Waals surface area contributed by atoms with Crippen LogP contribution in [0.3, 0.4) is 0 Å². The number of allylic oxidation sites excluding steroid dienone is 5. The van der Waals surface area contributed by atoms with Gasteiger partial charge in [0, 0.05) is 12.8 Å². The van der Waals surface area contributed by atoms with Crippen LogP contribution in [0.2, 0.25) is 0 Å². The maximum atomic E-state index is 12.5. The van der Waals surface area contributed by atoms with Gasteiger partial charge < -0.3 is 20.3 Å². The van der Waals surface area contributed by atoms with Crippen molar-refractivity contribution in [2.24, 2.45) is 0 Å². The molecule has 0 rings (SSSR count). The van der Waals surface area contributed by atoms with E-state index in [0.29, 0.717) is 19.4 Å². The van der Waals surface area contributed by atoms with Crippen molar-refractivity contribution in [1.82, 2.24) is 5.32 Å². The summed E-state index contributed by atoms with van der Waals surface area (Å²) >= 11 is 0. The van der Waals surface area contributed by atoms with Crippen LogP contribution in [0.25, 0.3) is 0 Å². The minimum absolute atomic E-state index is 0.00605. The quantitative estimate of drug-likeness (QED) is 0.0320. The van der Waals surface area contributed by atoms with E-state index in [1.807, 2.05) is 6.08 Å². The molecule has 6 heteroatoms. The normalized spacial score (nSPS) is 12.8. The molecular formula is C67H127NO5. The molecule has 0 aromatic carbocycles. The molecule has 0 bridgehead atoms. The first-order valence-electron chi connectivity index (χ1n) is 32.8. The number of aliphatic hydroxyl groups excluding tert-OH is 2. The first-order valence-corrected chi connectivity index (χ1v) is 32.8. The van der Waals surface area contributed by atoms with Crippen molar-refractivity contribution >= 4 is 11.9 Å². The minimum Gasteiger partial charge on any atom is -0.466 e. The van der Waals surface area contributed by atoms with Gasteiger partial charge in [0.2, 0.25) is 5.91 Å². The van der Waals surface area contributed by atoms with Gasteiger partial charge in [0.05, 0.1) is 25.4 Å². The van der Waals surface area contributed by atoms with Gasteiger partial charge >= 0.3 is 5.97 Å². The number of hydrogen-bond acceptors (Lipinski definition) is 5. The molecule has 430 valence electrons. The van der Waals surface area contributed by atoms with Crippen LogP contribution in [0.5, 0.6) is 0 Å². The van der Waals surface area contributed by atoms with Crippen molar-refractivity contribution in [1.29, 1.82) is 0 Å². The average molecular weight is 1030 g/mol. The minimum atomic E-state index is -0.844. The number of carbonyl (C=O) groups excluding carboxylic acids is 2. The van der Waals surface area contributed by atoms with E-state index in [1.54, 1.807) is 6.08 Å². The molecular weight excluding hydrogens is 899 g/mol.